The van der Waals surface area contributed by atoms with E-state index in [4.69, 9.17) is 8.37 Å². The number of hydrogen-bond acceptors (Lipinski definition) is 6. The maximum atomic E-state index is 14.0. The van der Waals surface area contributed by atoms with Crippen LogP contribution in [0.2, 0.25) is 0 Å². The van der Waals surface area contributed by atoms with Crippen molar-refractivity contribution < 1.29 is 34.0 Å². The molecule has 158 valence electrons. The van der Waals surface area contributed by atoms with Gasteiger partial charge in [0.15, 0.2) is 0 Å². The van der Waals surface area contributed by atoms with Crippen molar-refractivity contribution in [1.82, 2.24) is 0 Å². The molecule has 1 aliphatic rings. The standard InChI is InChI=1S/C19H20F2O6S2/c1-14-3-7-16(8-4-14)28(22,23)26-12-18(11-19(18,20)21)13-27-29(24,25)17-9-5-15(2)6-10-17/h3-10H,11-13H2,1-2H3. The van der Waals surface area contributed by atoms with E-state index in [9.17, 15) is 25.6 Å². The summed E-state index contributed by atoms with van der Waals surface area (Å²) in [6.07, 6.45) is -0.729. The molecule has 0 N–H and O–H groups in total. The first-order valence-corrected chi connectivity index (χ1v) is 11.5. The molecule has 1 fully saturated rings. The minimum atomic E-state index is -4.27. The van der Waals surface area contributed by atoms with Crippen LogP contribution in [0.25, 0.3) is 0 Å². The molecule has 0 saturated heterocycles. The van der Waals surface area contributed by atoms with Crippen molar-refractivity contribution in [2.45, 2.75) is 36.0 Å². The first kappa shape index (κ1) is 21.8. The van der Waals surface area contributed by atoms with Gasteiger partial charge in [-0.1, -0.05) is 35.4 Å². The summed E-state index contributed by atoms with van der Waals surface area (Å²) in [5.74, 6) is -3.29. The zero-order chi connectivity index (χ0) is 21.5. The van der Waals surface area contributed by atoms with Gasteiger partial charge in [0.25, 0.3) is 26.2 Å². The van der Waals surface area contributed by atoms with E-state index in [-0.39, 0.29) is 9.79 Å². The van der Waals surface area contributed by atoms with E-state index in [1.54, 1.807) is 38.1 Å². The predicted octanol–water partition coefficient (Wildman–Crippen LogP) is 3.44. The average molecular weight is 446 g/mol. The molecule has 0 amide bonds. The fraction of sp³-hybridized carbons (Fsp3) is 0.368. The molecule has 0 radical (unpaired) electrons. The molecule has 0 heterocycles. The molecule has 10 heteroatoms. The third-order valence-corrected chi connectivity index (χ3v) is 7.37. The van der Waals surface area contributed by atoms with E-state index in [1.165, 1.54) is 24.3 Å². The molecule has 3 rings (SSSR count). The smallest absolute Gasteiger partial charge is 0.265 e. The van der Waals surface area contributed by atoms with E-state index >= 15 is 0 Å². The summed E-state index contributed by atoms with van der Waals surface area (Å²) in [5.41, 5.74) is -0.379. The Bertz CT molecular complexity index is 1010. The van der Waals surface area contributed by atoms with Crippen LogP contribution in [-0.4, -0.2) is 36.0 Å². The molecule has 1 saturated carbocycles. The first-order chi connectivity index (χ1) is 13.4. The second-order valence-electron chi connectivity index (χ2n) is 7.22. The van der Waals surface area contributed by atoms with Crippen molar-refractivity contribution in [2.24, 2.45) is 5.41 Å². The topological polar surface area (TPSA) is 86.7 Å². The third kappa shape index (κ3) is 4.66. The van der Waals surface area contributed by atoms with Gasteiger partial charge in [0.1, 0.15) is 0 Å². The summed E-state index contributed by atoms with van der Waals surface area (Å²) in [6, 6.07) is 11.4. The number of hydrogen-bond donors (Lipinski definition) is 0. The first-order valence-electron chi connectivity index (χ1n) is 8.67. The van der Waals surface area contributed by atoms with Crippen LogP contribution in [0.4, 0.5) is 8.78 Å². The molecule has 2 aromatic rings. The molecule has 6 nitrogen and oxygen atoms in total. The van der Waals surface area contributed by atoms with Crippen LogP contribution < -0.4 is 0 Å². The van der Waals surface area contributed by atoms with Crippen molar-refractivity contribution in [3.63, 3.8) is 0 Å². The van der Waals surface area contributed by atoms with Gasteiger partial charge in [-0.2, -0.15) is 16.8 Å². The predicted molar refractivity (Wildman–Crippen MR) is 101 cm³/mol. The van der Waals surface area contributed by atoms with Crippen LogP contribution in [0, 0.1) is 19.3 Å². The molecule has 0 atom stereocenters. The van der Waals surface area contributed by atoms with E-state index in [0.29, 0.717) is 0 Å². The Balaban J connectivity index is 1.71. The largest absolute Gasteiger partial charge is 0.296 e. The Labute approximate surface area is 168 Å². The molecule has 0 bridgehead atoms. The Morgan fingerprint density at radius 3 is 1.34 bits per heavy atom. The van der Waals surface area contributed by atoms with Crippen molar-refractivity contribution in [3.8, 4) is 0 Å². The zero-order valence-electron chi connectivity index (χ0n) is 15.8. The Kier molecular flexibility index (Phi) is 5.59. The lowest BCUT2D eigenvalue weighted by Crippen LogP contribution is -2.27. The van der Waals surface area contributed by atoms with Crippen LogP contribution in [-0.2, 0) is 28.6 Å². The summed E-state index contributed by atoms with van der Waals surface area (Å²) < 4.78 is 86.6. The second-order valence-corrected chi connectivity index (χ2v) is 10.5. The number of halogens is 2. The van der Waals surface area contributed by atoms with Crippen molar-refractivity contribution in [3.05, 3.63) is 59.7 Å². The Morgan fingerprint density at radius 2 is 1.07 bits per heavy atom. The van der Waals surface area contributed by atoms with Gasteiger partial charge in [-0.15, -0.1) is 0 Å². The highest BCUT2D eigenvalue weighted by atomic mass is 32.2. The monoisotopic (exact) mass is 446 g/mol. The van der Waals surface area contributed by atoms with Gasteiger partial charge in [-0.3, -0.25) is 8.37 Å². The zero-order valence-corrected chi connectivity index (χ0v) is 17.4. The fourth-order valence-electron chi connectivity index (χ4n) is 2.66. The number of benzene rings is 2. The highest BCUT2D eigenvalue weighted by molar-refractivity contribution is 7.87. The summed E-state index contributed by atoms with van der Waals surface area (Å²) in [7, 11) is -8.54. The lowest BCUT2D eigenvalue weighted by molar-refractivity contribution is 0.0224. The van der Waals surface area contributed by atoms with Gasteiger partial charge < -0.3 is 0 Å². The minimum absolute atomic E-state index is 0.171. The Morgan fingerprint density at radius 1 is 0.759 bits per heavy atom. The second kappa shape index (κ2) is 7.42. The van der Waals surface area contributed by atoms with E-state index in [2.05, 4.69) is 0 Å². The quantitative estimate of drug-likeness (QED) is 0.578. The molecule has 29 heavy (non-hydrogen) atoms. The summed E-state index contributed by atoms with van der Waals surface area (Å²) in [4.78, 5) is -0.342. The number of aryl methyl sites for hydroxylation is 2. The lowest BCUT2D eigenvalue weighted by Gasteiger charge is -2.17. The van der Waals surface area contributed by atoms with Gasteiger partial charge in [-0.05, 0) is 38.1 Å². The third-order valence-electron chi connectivity index (χ3n) is 4.81. The normalized spacial score (nSPS) is 17.8. The van der Waals surface area contributed by atoms with Crippen molar-refractivity contribution in [2.75, 3.05) is 13.2 Å². The van der Waals surface area contributed by atoms with E-state index in [0.717, 1.165) is 11.1 Å². The Hall–Kier alpha value is -1.88. The van der Waals surface area contributed by atoms with Gasteiger partial charge in [0.2, 0.25) is 0 Å². The van der Waals surface area contributed by atoms with Crippen LogP contribution in [0.1, 0.15) is 17.5 Å². The average Bonchev–Trinajstić information content (AvgIpc) is 3.21. The van der Waals surface area contributed by atoms with Gasteiger partial charge in [0, 0.05) is 6.42 Å². The molecular weight excluding hydrogens is 426 g/mol. The van der Waals surface area contributed by atoms with Crippen molar-refractivity contribution in [1.29, 1.82) is 0 Å². The van der Waals surface area contributed by atoms with Crippen LogP contribution in [0.5, 0.6) is 0 Å². The lowest BCUT2D eigenvalue weighted by atomic mass is 10.1. The minimum Gasteiger partial charge on any atom is -0.265 e. The van der Waals surface area contributed by atoms with Gasteiger partial charge in [0.05, 0.1) is 28.4 Å². The number of rotatable bonds is 8. The molecule has 0 spiro atoms. The molecule has 1 aliphatic carbocycles. The molecule has 0 unspecified atom stereocenters. The molecule has 2 aromatic carbocycles. The fourth-order valence-corrected chi connectivity index (χ4v) is 4.63. The molecule has 0 aliphatic heterocycles. The van der Waals surface area contributed by atoms with Crippen LogP contribution >= 0.6 is 0 Å². The number of alkyl halides is 2. The van der Waals surface area contributed by atoms with Gasteiger partial charge in [-0.25, -0.2) is 8.78 Å². The SMILES string of the molecule is Cc1ccc(S(=O)(=O)OCC2(COS(=O)(=O)c3ccc(C)cc3)CC2(F)F)cc1. The maximum absolute atomic E-state index is 14.0. The van der Waals surface area contributed by atoms with E-state index in [1.807, 2.05) is 0 Å². The van der Waals surface area contributed by atoms with Crippen LogP contribution in [0.3, 0.4) is 0 Å². The highest BCUT2D eigenvalue weighted by Gasteiger charge is 2.72. The molecular formula is C19H20F2O6S2. The summed E-state index contributed by atoms with van der Waals surface area (Å²) >= 11 is 0. The maximum Gasteiger partial charge on any atom is 0.296 e. The summed E-state index contributed by atoms with van der Waals surface area (Å²) in [6.45, 7) is 1.75. The summed E-state index contributed by atoms with van der Waals surface area (Å²) in [5, 5.41) is 0. The highest BCUT2D eigenvalue weighted by Crippen LogP contribution is 2.61. The van der Waals surface area contributed by atoms with Crippen LogP contribution in [0.15, 0.2) is 58.3 Å². The van der Waals surface area contributed by atoms with Gasteiger partial charge >= 0.3 is 0 Å². The molecule has 0 aromatic heterocycles. The van der Waals surface area contributed by atoms with E-state index < -0.39 is 51.2 Å². The van der Waals surface area contributed by atoms with Crippen molar-refractivity contribution >= 4 is 20.2 Å².